The number of hydrogen-bond donors (Lipinski definition) is 0. The predicted molar refractivity (Wildman–Crippen MR) is 248 cm³/mol. The molecule has 312 valence electrons. The van der Waals surface area contributed by atoms with E-state index < -0.39 is 0 Å². The van der Waals surface area contributed by atoms with Crippen molar-refractivity contribution in [3.63, 3.8) is 0 Å². The highest BCUT2D eigenvalue weighted by atomic mass is 15.3. The van der Waals surface area contributed by atoms with E-state index in [1.165, 1.54) is 247 Å². The monoisotopic (exact) mass is 755 g/mol. The summed E-state index contributed by atoms with van der Waals surface area (Å²) in [5, 5.41) is 0. The average molecular weight is 755 g/mol. The zero-order valence-electron chi connectivity index (χ0n) is 37.0. The van der Waals surface area contributed by atoms with Gasteiger partial charge in [0.1, 0.15) is 13.1 Å². The van der Waals surface area contributed by atoms with Crippen molar-refractivity contribution >= 4 is 0 Å². The molecule has 0 heterocycles. The molecule has 0 atom stereocenters. The van der Waals surface area contributed by atoms with E-state index in [9.17, 15) is 0 Å². The Kier molecular flexibility index (Phi) is 33.4. The topological polar surface area (TPSA) is 0 Å². The molecule has 0 fully saturated rings. The van der Waals surface area contributed by atoms with Gasteiger partial charge in [-0.3, -0.25) is 0 Å². The Morgan fingerprint density at radius 3 is 0.855 bits per heavy atom. The Hall–Kier alpha value is -2.12. The number of unbranched alkanes of at least 4 members (excludes halogenated alkanes) is 28. The normalized spacial score (nSPS) is 12.1. The standard InChI is InChI=1S/C54H92N/c1-3-5-7-9-11-13-15-17-19-21-23-25-27-29-31-33-35-43-49-55(51-53-45-39-37-40-46-53,52-54-47-41-38-42-48-54)50-44-36-34-32-30-28-26-24-22-20-18-16-14-12-10-8-6-4-2/h11-14,37-42,45-48H,3-10,15-36,43-44,49-52H2,1-2H3/q+1/b13-11+,14-12+. The third-order valence-electron chi connectivity index (χ3n) is 12.0. The second-order valence-electron chi connectivity index (χ2n) is 17.4. The van der Waals surface area contributed by atoms with Crippen LogP contribution in [0.15, 0.2) is 85.0 Å². The number of allylic oxidation sites excluding steroid dienone is 4. The first-order valence-corrected chi connectivity index (χ1v) is 24.5. The first kappa shape index (κ1) is 49.0. The molecule has 0 unspecified atom stereocenters. The Morgan fingerprint density at radius 1 is 0.309 bits per heavy atom. The zero-order valence-corrected chi connectivity index (χ0v) is 37.0. The van der Waals surface area contributed by atoms with E-state index in [0.29, 0.717) is 0 Å². The van der Waals surface area contributed by atoms with E-state index in [-0.39, 0.29) is 0 Å². The van der Waals surface area contributed by atoms with Crippen molar-refractivity contribution in [3.05, 3.63) is 96.1 Å². The highest BCUT2D eigenvalue weighted by Crippen LogP contribution is 2.24. The van der Waals surface area contributed by atoms with E-state index in [1.54, 1.807) is 0 Å². The molecule has 0 saturated carbocycles. The first-order valence-electron chi connectivity index (χ1n) is 24.5. The lowest BCUT2D eigenvalue weighted by molar-refractivity contribution is -0.954. The number of benzene rings is 2. The van der Waals surface area contributed by atoms with Crippen LogP contribution in [0.2, 0.25) is 0 Å². The van der Waals surface area contributed by atoms with E-state index in [1.807, 2.05) is 0 Å². The summed E-state index contributed by atoms with van der Waals surface area (Å²) in [4.78, 5) is 0. The van der Waals surface area contributed by atoms with Crippen LogP contribution >= 0.6 is 0 Å². The van der Waals surface area contributed by atoms with Crippen LogP contribution in [-0.4, -0.2) is 17.6 Å². The van der Waals surface area contributed by atoms with E-state index in [2.05, 4.69) is 98.8 Å². The van der Waals surface area contributed by atoms with Crippen molar-refractivity contribution in [1.82, 2.24) is 0 Å². The maximum atomic E-state index is 2.43. The minimum atomic E-state index is 1.17. The van der Waals surface area contributed by atoms with Gasteiger partial charge in [-0.2, -0.15) is 0 Å². The summed E-state index contributed by atoms with van der Waals surface area (Å²) in [6.45, 7) is 9.54. The van der Waals surface area contributed by atoms with Crippen LogP contribution in [0.4, 0.5) is 0 Å². The molecule has 0 amide bonds. The Bertz CT molecular complexity index is 1010. The molecule has 0 N–H and O–H groups in total. The van der Waals surface area contributed by atoms with Gasteiger partial charge in [0.15, 0.2) is 0 Å². The van der Waals surface area contributed by atoms with Crippen LogP contribution in [0.3, 0.4) is 0 Å². The maximum absolute atomic E-state index is 2.43. The van der Waals surface area contributed by atoms with Gasteiger partial charge in [-0.25, -0.2) is 0 Å². The fourth-order valence-corrected chi connectivity index (χ4v) is 8.52. The largest absolute Gasteiger partial charge is 0.316 e. The molecule has 2 aromatic carbocycles. The fourth-order valence-electron chi connectivity index (χ4n) is 8.52. The van der Waals surface area contributed by atoms with E-state index in [0.717, 1.165) is 0 Å². The summed E-state index contributed by atoms with van der Waals surface area (Å²) >= 11 is 0. The zero-order chi connectivity index (χ0) is 39.0. The van der Waals surface area contributed by atoms with Gasteiger partial charge in [0.25, 0.3) is 0 Å². The predicted octanol–water partition coefficient (Wildman–Crippen LogP) is 17.8. The van der Waals surface area contributed by atoms with Gasteiger partial charge >= 0.3 is 0 Å². The Morgan fingerprint density at radius 2 is 0.564 bits per heavy atom. The molecule has 0 aliphatic rings. The van der Waals surface area contributed by atoms with Crippen molar-refractivity contribution in [2.45, 2.75) is 232 Å². The average Bonchev–Trinajstić information content (AvgIpc) is 3.20. The van der Waals surface area contributed by atoms with E-state index >= 15 is 0 Å². The van der Waals surface area contributed by atoms with Gasteiger partial charge < -0.3 is 4.48 Å². The van der Waals surface area contributed by atoms with Crippen molar-refractivity contribution in [3.8, 4) is 0 Å². The van der Waals surface area contributed by atoms with Gasteiger partial charge in [0.2, 0.25) is 0 Å². The van der Waals surface area contributed by atoms with Crippen LogP contribution < -0.4 is 0 Å². The van der Waals surface area contributed by atoms with Crippen LogP contribution in [0.5, 0.6) is 0 Å². The molecule has 55 heavy (non-hydrogen) atoms. The minimum absolute atomic E-state index is 1.17. The van der Waals surface area contributed by atoms with Gasteiger partial charge in [-0.15, -0.1) is 0 Å². The second-order valence-corrected chi connectivity index (χ2v) is 17.4. The lowest BCUT2D eigenvalue weighted by Gasteiger charge is -2.39. The minimum Gasteiger partial charge on any atom is -0.316 e. The van der Waals surface area contributed by atoms with Crippen molar-refractivity contribution in [1.29, 1.82) is 0 Å². The van der Waals surface area contributed by atoms with Crippen LogP contribution in [0.1, 0.15) is 230 Å². The van der Waals surface area contributed by atoms with Gasteiger partial charge in [-0.05, 0) is 77.0 Å². The number of rotatable bonds is 40. The summed E-state index contributed by atoms with van der Waals surface area (Å²) < 4.78 is 1.22. The third-order valence-corrected chi connectivity index (χ3v) is 12.0. The smallest absolute Gasteiger partial charge is 0.105 e. The molecule has 1 nitrogen and oxygen atoms in total. The van der Waals surface area contributed by atoms with Gasteiger partial charge in [0.05, 0.1) is 13.1 Å². The van der Waals surface area contributed by atoms with Crippen LogP contribution in [0, 0.1) is 0 Å². The molecule has 0 aliphatic carbocycles. The molecule has 0 radical (unpaired) electrons. The highest BCUT2D eigenvalue weighted by molar-refractivity contribution is 5.15. The molecule has 0 aliphatic heterocycles. The molecule has 0 spiro atoms. The number of hydrogen-bond acceptors (Lipinski definition) is 0. The summed E-state index contributed by atoms with van der Waals surface area (Å²) in [6, 6.07) is 22.8. The molecule has 0 bridgehead atoms. The summed E-state index contributed by atoms with van der Waals surface area (Å²) in [5.74, 6) is 0. The molecule has 0 aromatic heterocycles. The summed E-state index contributed by atoms with van der Waals surface area (Å²) in [5.41, 5.74) is 3.02. The molecular weight excluding hydrogens is 663 g/mol. The third kappa shape index (κ3) is 29.7. The second kappa shape index (κ2) is 37.5. The van der Waals surface area contributed by atoms with Gasteiger partial charge in [0, 0.05) is 11.1 Å². The quantitative estimate of drug-likeness (QED) is 0.0361. The highest BCUT2D eigenvalue weighted by Gasteiger charge is 2.27. The molecule has 2 rings (SSSR count). The van der Waals surface area contributed by atoms with Crippen molar-refractivity contribution < 1.29 is 4.48 Å². The number of nitrogens with zero attached hydrogens (tertiary/aromatic N) is 1. The molecular formula is C54H92N+. The van der Waals surface area contributed by atoms with E-state index in [4.69, 9.17) is 0 Å². The number of quaternary nitrogens is 1. The maximum Gasteiger partial charge on any atom is 0.105 e. The molecule has 2 aromatic rings. The Balaban J connectivity index is 1.65. The first-order chi connectivity index (χ1) is 27.3. The summed E-state index contributed by atoms with van der Waals surface area (Å²) in [7, 11) is 0. The lowest BCUT2D eigenvalue weighted by atomic mass is 10.0. The van der Waals surface area contributed by atoms with Crippen LogP contribution in [-0.2, 0) is 13.1 Å². The fraction of sp³-hybridized carbons (Fsp3) is 0.704. The molecule has 0 saturated heterocycles. The molecule has 1 heteroatoms. The lowest BCUT2D eigenvalue weighted by Crippen LogP contribution is -2.48. The Labute approximate surface area is 344 Å². The van der Waals surface area contributed by atoms with Crippen molar-refractivity contribution in [2.24, 2.45) is 0 Å². The van der Waals surface area contributed by atoms with Gasteiger partial charge in [-0.1, -0.05) is 227 Å². The van der Waals surface area contributed by atoms with Crippen molar-refractivity contribution in [2.75, 3.05) is 13.1 Å². The SMILES string of the molecule is CCCCC/C=C/CCCCCCCCCCCCC[N+](CCCCCCCCCCCCC/C=C/CCCCC)(Cc1ccccc1)Cc1ccccc1. The van der Waals surface area contributed by atoms with Crippen LogP contribution in [0.25, 0.3) is 0 Å². The summed E-state index contributed by atoms with van der Waals surface area (Å²) in [6.07, 6.45) is 54.2.